The Morgan fingerprint density at radius 3 is 2.73 bits per heavy atom. The molecule has 0 bridgehead atoms. The van der Waals surface area contributed by atoms with Gasteiger partial charge in [-0.05, 0) is 25.8 Å². The van der Waals surface area contributed by atoms with Crippen LogP contribution in [0.4, 0.5) is 0 Å². The number of nitrogens with zero attached hydrogens (tertiary/aromatic N) is 2. The van der Waals surface area contributed by atoms with Crippen LogP contribution in [0, 0.1) is 11.3 Å². The fraction of sp³-hybridized carbons (Fsp3) is 0.917. The van der Waals surface area contributed by atoms with Crippen molar-refractivity contribution >= 4 is 0 Å². The van der Waals surface area contributed by atoms with E-state index in [1.165, 1.54) is 12.8 Å². The van der Waals surface area contributed by atoms with E-state index in [1.54, 1.807) is 0 Å². The van der Waals surface area contributed by atoms with Crippen LogP contribution in [0.2, 0.25) is 0 Å². The molecule has 0 aromatic rings. The summed E-state index contributed by atoms with van der Waals surface area (Å²) in [6.07, 6.45) is 6.30. The third-order valence-electron chi connectivity index (χ3n) is 3.20. The van der Waals surface area contributed by atoms with Crippen molar-refractivity contribution in [2.75, 3.05) is 13.1 Å². The zero-order valence-corrected chi connectivity index (χ0v) is 9.65. The first-order chi connectivity index (χ1) is 7.29. The summed E-state index contributed by atoms with van der Waals surface area (Å²) in [6, 6.07) is 2.42. The van der Waals surface area contributed by atoms with E-state index in [9.17, 15) is 5.11 Å². The van der Waals surface area contributed by atoms with Crippen molar-refractivity contribution in [3.63, 3.8) is 0 Å². The molecule has 2 unspecified atom stereocenters. The lowest BCUT2D eigenvalue weighted by atomic mass is 10.0. The van der Waals surface area contributed by atoms with Gasteiger partial charge in [0.2, 0.25) is 0 Å². The molecule has 0 heterocycles. The van der Waals surface area contributed by atoms with Gasteiger partial charge >= 0.3 is 0 Å². The Balaban J connectivity index is 2.57. The molecule has 1 fully saturated rings. The minimum absolute atomic E-state index is 0.215. The average Bonchev–Trinajstić information content (AvgIpc) is 2.43. The van der Waals surface area contributed by atoms with Gasteiger partial charge in [-0.2, -0.15) is 5.26 Å². The van der Waals surface area contributed by atoms with Crippen LogP contribution >= 0.6 is 0 Å². The van der Waals surface area contributed by atoms with Crippen molar-refractivity contribution in [1.82, 2.24) is 4.90 Å². The van der Waals surface area contributed by atoms with Crippen molar-refractivity contribution < 1.29 is 5.11 Å². The quantitative estimate of drug-likeness (QED) is 0.569. The molecule has 0 aliphatic heterocycles. The first-order valence-corrected chi connectivity index (χ1v) is 6.08. The summed E-state index contributed by atoms with van der Waals surface area (Å²) < 4.78 is 0. The van der Waals surface area contributed by atoms with Crippen LogP contribution < -0.4 is 0 Å². The lowest BCUT2D eigenvalue weighted by molar-refractivity contribution is 0.0510. The van der Waals surface area contributed by atoms with Gasteiger partial charge < -0.3 is 5.11 Å². The largest absolute Gasteiger partial charge is 0.391 e. The second-order valence-electron chi connectivity index (χ2n) is 4.40. The molecule has 0 radical (unpaired) electrons. The molecule has 1 aliphatic carbocycles. The van der Waals surface area contributed by atoms with Gasteiger partial charge in [0.15, 0.2) is 0 Å². The zero-order valence-electron chi connectivity index (χ0n) is 9.65. The highest BCUT2D eigenvalue weighted by molar-refractivity contribution is 4.86. The van der Waals surface area contributed by atoms with Crippen molar-refractivity contribution in [1.29, 1.82) is 5.26 Å². The minimum Gasteiger partial charge on any atom is -0.391 e. The highest BCUT2D eigenvalue weighted by Gasteiger charge is 2.26. The number of aliphatic hydroxyl groups excluding tert-OH is 1. The van der Waals surface area contributed by atoms with E-state index in [0.29, 0.717) is 6.54 Å². The van der Waals surface area contributed by atoms with Crippen LogP contribution in [-0.4, -0.2) is 35.2 Å². The molecular weight excluding hydrogens is 188 g/mol. The molecule has 1 N–H and O–H groups in total. The molecule has 1 aliphatic rings. The van der Waals surface area contributed by atoms with Gasteiger partial charge in [-0.15, -0.1) is 0 Å². The van der Waals surface area contributed by atoms with Crippen LogP contribution in [0.1, 0.15) is 45.4 Å². The van der Waals surface area contributed by atoms with Crippen LogP contribution in [0.3, 0.4) is 0 Å². The van der Waals surface area contributed by atoms with Gasteiger partial charge in [-0.1, -0.05) is 26.2 Å². The maximum atomic E-state index is 10.0. The van der Waals surface area contributed by atoms with Gasteiger partial charge in [-0.25, -0.2) is 0 Å². The van der Waals surface area contributed by atoms with Crippen LogP contribution in [0.5, 0.6) is 0 Å². The number of hydrogen-bond acceptors (Lipinski definition) is 3. The SMILES string of the molecule is CCCN(CC#N)C1CCCCCC1O. The van der Waals surface area contributed by atoms with E-state index in [2.05, 4.69) is 17.9 Å². The maximum Gasteiger partial charge on any atom is 0.0869 e. The third kappa shape index (κ3) is 3.81. The van der Waals surface area contributed by atoms with Gasteiger partial charge in [0.1, 0.15) is 0 Å². The van der Waals surface area contributed by atoms with E-state index in [-0.39, 0.29) is 12.1 Å². The summed E-state index contributed by atoms with van der Waals surface area (Å²) >= 11 is 0. The normalized spacial score (nSPS) is 27.3. The zero-order chi connectivity index (χ0) is 11.1. The molecule has 0 saturated heterocycles. The molecule has 15 heavy (non-hydrogen) atoms. The Bertz CT molecular complexity index is 212. The number of nitriles is 1. The third-order valence-corrected chi connectivity index (χ3v) is 3.20. The summed E-state index contributed by atoms with van der Waals surface area (Å²) in [7, 11) is 0. The van der Waals surface area contributed by atoms with Gasteiger partial charge in [0.05, 0.1) is 18.7 Å². The Morgan fingerprint density at radius 2 is 2.07 bits per heavy atom. The highest BCUT2D eigenvalue weighted by Crippen LogP contribution is 2.22. The summed E-state index contributed by atoms with van der Waals surface area (Å²) in [5.41, 5.74) is 0. The molecule has 3 heteroatoms. The lowest BCUT2D eigenvalue weighted by Gasteiger charge is -2.31. The predicted molar refractivity (Wildman–Crippen MR) is 60.4 cm³/mol. The molecule has 0 aromatic carbocycles. The molecule has 86 valence electrons. The summed E-state index contributed by atoms with van der Waals surface area (Å²) in [5, 5.41) is 18.8. The van der Waals surface area contributed by atoms with E-state index in [4.69, 9.17) is 5.26 Å². The summed E-state index contributed by atoms with van der Waals surface area (Å²) in [6.45, 7) is 3.50. The molecule has 0 aromatic heterocycles. The van der Waals surface area contributed by atoms with Crippen molar-refractivity contribution in [2.45, 2.75) is 57.6 Å². The fourth-order valence-corrected chi connectivity index (χ4v) is 2.43. The van der Waals surface area contributed by atoms with E-state index < -0.39 is 0 Å². The topological polar surface area (TPSA) is 47.3 Å². The Kier molecular flexibility index (Phi) is 5.67. The summed E-state index contributed by atoms with van der Waals surface area (Å²) in [5.74, 6) is 0. The maximum absolute atomic E-state index is 10.0. The molecule has 3 nitrogen and oxygen atoms in total. The minimum atomic E-state index is -0.229. The fourth-order valence-electron chi connectivity index (χ4n) is 2.43. The number of aliphatic hydroxyl groups is 1. The van der Waals surface area contributed by atoms with Crippen molar-refractivity contribution in [2.24, 2.45) is 0 Å². The second kappa shape index (κ2) is 6.81. The lowest BCUT2D eigenvalue weighted by Crippen LogP contribution is -2.43. The highest BCUT2D eigenvalue weighted by atomic mass is 16.3. The van der Waals surface area contributed by atoms with E-state index >= 15 is 0 Å². The van der Waals surface area contributed by atoms with Gasteiger partial charge in [-0.3, -0.25) is 4.90 Å². The Hall–Kier alpha value is -0.590. The van der Waals surface area contributed by atoms with E-state index in [0.717, 1.165) is 32.2 Å². The van der Waals surface area contributed by atoms with Crippen molar-refractivity contribution in [3.8, 4) is 6.07 Å². The number of hydrogen-bond donors (Lipinski definition) is 1. The number of rotatable bonds is 4. The standard InChI is InChI=1S/C12H22N2O/c1-2-9-14(10-8-13)11-6-4-3-5-7-12(11)15/h11-12,15H,2-7,9-10H2,1H3. The Labute approximate surface area is 92.7 Å². The predicted octanol–water partition coefficient (Wildman–Crippen LogP) is 1.92. The van der Waals surface area contributed by atoms with Gasteiger partial charge in [0, 0.05) is 6.04 Å². The molecular formula is C12H22N2O. The molecule has 1 rings (SSSR count). The van der Waals surface area contributed by atoms with Crippen molar-refractivity contribution in [3.05, 3.63) is 0 Å². The van der Waals surface area contributed by atoms with E-state index in [1.807, 2.05) is 0 Å². The van der Waals surface area contributed by atoms with Gasteiger partial charge in [0.25, 0.3) is 0 Å². The second-order valence-corrected chi connectivity index (χ2v) is 4.40. The molecule has 0 spiro atoms. The Morgan fingerprint density at radius 1 is 1.33 bits per heavy atom. The van der Waals surface area contributed by atoms with Crippen LogP contribution in [-0.2, 0) is 0 Å². The average molecular weight is 210 g/mol. The smallest absolute Gasteiger partial charge is 0.0869 e. The van der Waals surface area contributed by atoms with Crippen LogP contribution in [0.15, 0.2) is 0 Å². The summed E-state index contributed by atoms with van der Waals surface area (Å²) in [4.78, 5) is 2.15. The molecule has 2 atom stereocenters. The molecule has 1 saturated carbocycles. The monoisotopic (exact) mass is 210 g/mol. The first kappa shape index (κ1) is 12.5. The molecule has 0 amide bonds. The first-order valence-electron chi connectivity index (χ1n) is 6.08. The van der Waals surface area contributed by atoms with Crippen LogP contribution in [0.25, 0.3) is 0 Å².